The number of sulfonamides is 1. The van der Waals surface area contributed by atoms with E-state index in [-0.39, 0.29) is 0 Å². The average molecular weight is 243 g/mol. The second kappa shape index (κ2) is 4.57. The SMILES string of the molecule is NCCc1cc(S(=O)(=O)N2CCCC2)c[nH]1. The molecule has 2 rings (SSSR count). The van der Waals surface area contributed by atoms with Gasteiger partial charge in [-0.1, -0.05) is 0 Å². The maximum absolute atomic E-state index is 12.1. The fourth-order valence-electron chi connectivity index (χ4n) is 1.95. The summed E-state index contributed by atoms with van der Waals surface area (Å²) in [5, 5.41) is 0. The Hall–Kier alpha value is -0.850. The largest absolute Gasteiger partial charge is 0.364 e. The molecular formula is C10H17N3O2S. The summed E-state index contributed by atoms with van der Waals surface area (Å²) in [6.07, 6.45) is 4.15. The lowest BCUT2D eigenvalue weighted by molar-refractivity contribution is 0.477. The Balaban J connectivity index is 2.21. The summed E-state index contributed by atoms with van der Waals surface area (Å²) >= 11 is 0. The van der Waals surface area contributed by atoms with Gasteiger partial charge in [0.1, 0.15) is 0 Å². The van der Waals surface area contributed by atoms with Crippen molar-refractivity contribution in [2.45, 2.75) is 24.2 Å². The molecule has 1 aromatic rings. The van der Waals surface area contributed by atoms with Crippen molar-refractivity contribution in [3.05, 3.63) is 18.0 Å². The van der Waals surface area contributed by atoms with Crippen LogP contribution >= 0.6 is 0 Å². The molecule has 1 fully saturated rings. The van der Waals surface area contributed by atoms with Crippen LogP contribution in [0.25, 0.3) is 0 Å². The zero-order valence-electron chi connectivity index (χ0n) is 9.15. The summed E-state index contributed by atoms with van der Waals surface area (Å²) in [5.74, 6) is 0. The molecule has 1 aliphatic heterocycles. The van der Waals surface area contributed by atoms with Crippen LogP contribution < -0.4 is 5.73 Å². The van der Waals surface area contributed by atoms with Gasteiger partial charge in [0.05, 0.1) is 4.90 Å². The maximum Gasteiger partial charge on any atom is 0.244 e. The first-order valence-corrected chi connectivity index (χ1v) is 6.96. The van der Waals surface area contributed by atoms with E-state index in [2.05, 4.69) is 4.98 Å². The number of aromatic amines is 1. The second-order valence-electron chi connectivity index (χ2n) is 4.01. The van der Waals surface area contributed by atoms with Crippen LogP contribution in [-0.4, -0.2) is 37.3 Å². The van der Waals surface area contributed by atoms with E-state index in [1.807, 2.05) is 0 Å². The standard InChI is InChI=1S/C10H17N3O2S/c11-4-3-9-7-10(8-12-9)16(14,15)13-5-1-2-6-13/h7-8,12H,1-6,11H2. The Labute approximate surface area is 95.7 Å². The Morgan fingerprint density at radius 2 is 2.06 bits per heavy atom. The molecule has 5 nitrogen and oxygen atoms in total. The van der Waals surface area contributed by atoms with Crippen molar-refractivity contribution in [2.24, 2.45) is 5.73 Å². The normalized spacial score (nSPS) is 18.1. The molecule has 0 unspecified atom stereocenters. The van der Waals surface area contributed by atoms with Crippen molar-refractivity contribution in [3.8, 4) is 0 Å². The van der Waals surface area contributed by atoms with Gasteiger partial charge in [0.25, 0.3) is 0 Å². The van der Waals surface area contributed by atoms with Gasteiger partial charge in [-0.15, -0.1) is 0 Å². The number of aromatic nitrogens is 1. The number of nitrogens with one attached hydrogen (secondary N) is 1. The van der Waals surface area contributed by atoms with Gasteiger partial charge in [-0.3, -0.25) is 0 Å². The Bertz CT molecular complexity index is 446. The van der Waals surface area contributed by atoms with Crippen LogP contribution in [-0.2, 0) is 16.4 Å². The minimum absolute atomic E-state index is 0.359. The molecule has 0 atom stereocenters. The summed E-state index contributed by atoms with van der Waals surface area (Å²) in [6, 6.07) is 1.68. The lowest BCUT2D eigenvalue weighted by Gasteiger charge is -2.13. The van der Waals surface area contributed by atoms with E-state index in [4.69, 9.17) is 5.73 Å². The monoisotopic (exact) mass is 243 g/mol. The number of rotatable bonds is 4. The molecule has 1 aliphatic rings. The summed E-state index contributed by atoms with van der Waals surface area (Å²) < 4.78 is 25.8. The third kappa shape index (κ3) is 2.14. The molecule has 0 aliphatic carbocycles. The van der Waals surface area contributed by atoms with Gasteiger partial charge >= 0.3 is 0 Å². The van der Waals surface area contributed by atoms with Crippen LogP contribution in [0.2, 0.25) is 0 Å². The summed E-state index contributed by atoms with van der Waals surface area (Å²) in [6.45, 7) is 1.79. The molecule has 1 aromatic heterocycles. The van der Waals surface area contributed by atoms with E-state index in [1.54, 1.807) is 16.6 Å². The summed E-state index contributed by atoms with van der Waals surface area (Å²) in [4.78, 5) is 3.31. The minimum Gasteiger partial charge on any atom is -0.364 e. The van der Waals surface area contributed by atoms with Crippen LogP contribution in [0.15, 0.2) is 17.2 Å². The number of hydrogen-bond acceptors (Lipinski definition) is 3. The first kappa shape index (κ1) is 11.6. The Morgan fingerprint density at radius 1 is 1.38 bits per heavy atom. The van der Waals surface area contributed by atoms with Crippen LogP contribution in [0.5, 0.6) is 0 Å². The lowest BCUT2D eigenvalue weighted by atomic mass is 10.3. The molecule has 2 heterocycles. The molecule has 0 saturated carbocycles. The van der Waals surface area contributed by atoms with E-state index in [0.29, 0.717) is 31.0 Å². The highest BCUT2D eigenvalue weighted by molar-refractivity contribution is 7.89. The molecule has 0 radical (unpaired) electrons. The molecule has 90 valence electrons. The fourth-order valence-corrected chi connectivity index (χ4v) is 3.48. The van der Waals surface area contributed by atoms with Gasteiger partial charge in [-0.05, 0) is 31.9 Å². The van der Waals surface area contributed by atoms with Crippen LogP contribution in [0.1, 0.15) is 18.5 Å². The molecule has 1 saturated heterocycles. The van der Waals surface area contributed by atoms with Gasteiger partial charge < -0.3 is 10.7 Å². The van der Waals surface area contributed by atoms with Crippen LogP contribution in [0, 0.1) is 0 Å². The van der Waals surface area contributed by atoms with Crippen molar-refractivity contribution in [1.82, 2.24) is 9.29 Å². The maximum atomic E-state index is 12.1. The number of H-pyrrole nitrogens is 1. The zero-order valence-corrected chi connectivity index (χ0v) is 9.96. The molecule has 0 aromatic carbocycles. The van der Waals surface area contributed by atoms with E-state index < -0.39 is 10.0 Å². The number of nitrogens with zero attached hydrogens (tertiary/aromatic N) is 1. The molecule has 0 bridgehead atoms. The van der Waals surface area contributed by atoms with Gasteiger partial charge in [0.15, 0.2) is 0 Å². The third-order valence-corrected chi connectivity index (χ3v) is 4.71. The predicted octanol–water partition coefficient (Wildman–Crippen LogP) is 0.300. The van der Waals surface area contributed by atoms with Crippen LogP contribution in [0.3, 0.4) is 0 Å². The van der Waals surface area contributed by atoms with E-state index in [0.717, 1.165) is 18.5 Å². The zero-order chi connectivity index (χ0) is 11.6. The first-order chi connectivity index (χ1) is 7.64. The van der Waals surface area contributed by atoms with Crippen LogP contribution in [0.4, 0.5) is 0 Å². The van der Waals surface area contributed by atoms with Gasteiger partial charge in [0, 0.05) is 25.0 Å². The Kier molecular flexibility index (Phi) is 3.32. The third-order valence-electron chi connectivity index (χ3n) is 2.83. The average Bonchev–Trinajstić information content (AvgIpc) is 2.88. The minimum atomic E-state index is -3.27. The fraction of sp³-hybridized carbons (Fsp3) is 0.600. The number of nitrogens with two attached hydrogens (primary N) is 1. The first-order valence-electron chi connectivity index (χ1n) is 5.52. The van der Waals surface area contributed by atoms with Crippen molar-refractivity contribution in [2.75, 3.05) is 19.6 Å². The highest BCUT2D eigenvalue weighted by Crippen LogP contribution is 2.21. The van der Waals surface area contributed by atoms with Crippen molar-refractivity contribution in [1.29, 1.82) is 0 Å². The van der Waals surface area contributed by atoms with Crippen molar-refractivity contribution < 1.29 is 8.42 Å². The van der Waals surface area contributed by atoms with Crippen molar-refractivity contribution >= 4 is 10.0 Å². The molecule has 6 heteroatoms. The highest BCUT2D eigenvalue weighted by atomic mass is 32.2. The topological polar surface area (TPSA) is 79.2 Å². The number of hydrogen-bond donors (Lipinski definition) is 2. The molecule has 0 amide bonds. The second-order valence-corrected chi connectivity index (χ2v) is 5.95. The van der Waals surface area contributed by atoms with E-state index in [1.165, 1.54) is 0 Å². The molecule has 0 spiro atoms. The summed E-state index contributed by atoms with van der Waals surface area (Å²) in [7, 11) is -3.27. The molecule has 16 heavy (non-hydrogen) atoms. The van der Waals surface area contributed by atoms with Gasteiger partial charge in [-0.2, -0.15) is 4.31 Å². The summed E-state index contributed by atoms with van der Waals surface area (Å²) in [5.41, 5.74) is 6.30. The molecule has 3 N–H and O–H groups in total. The van der Waals surface area contributed by atoms with Gasteiger partial charge in [-0.25, -0.2) is 8.42 Å². The highest BCUT2D eigenvalue weighted by Gasteiger charge is 2.27. The molecular weight excluding hydrogens is 226 g/mol. The quantitative estimate of drug-likeness (QED) is 0.798. The van der Waals surface area contributed by atoms with Crippen molar-refractivity contribution in [3.63, 3.8) is 0 Å². The van der Waals surface area contributed by atoms with Gasteiger partial charge in [0.2, 0.25) is 10.0 Å². The van der Waals surface area contributed by atoms with E-state index >= 15 is 0 Å². The van der Waals surface area contributed by atoms with E-state index in [9.17, 15) is 8.42 Å². The predicted molar refractivity (Wildman–Crippen MR) is 61.5 cm³/mol. The Morgan fingerprint density at radius 3 is 2.69 bits per heavy atom. The lowest BCUT2D eigenvalue weighted by Crippen LogP contribution is -2.27. The smallest absolute Gasteiger partial charge is 0.244 e.